The molecule has 0 N–H and O–H groups in total. The van der Waals surface area contributed by atoms with Crippen molar-refractivity contribution in [2.24, 2.45) is 11.3 Å². The van der Waals surface area contributed by atoms with Crippen molar-refractivity contribution in [3.63, 3.8) is 0 Å². The molecule has 0 bridgehead atoms. The summed E-state index contributed by atoms with van der Waals surface area (Å²) in [5.74, 6) is 0.0414. The van der Waals surface area contributed by atoms with Gasteiger partial charge in [0.1, 0.15) is 0 Å². The number of esters is 1. The van der Waals surface area contributed by atoms with Crippen LogP contribution in [0.25, 0.3) is 0 Å². The minimum Gasteiger partial charge on any atom is -0.469 e. The minimum absolute atomic E-state index is 0.0476. The average Bonchev–Trinajstić information content (AvgIpc) is 2.14. The van der Waals surface area contributed by atoms with Gasteiger partial charge in [0.05, 0.1) is 13.0 Å². The molecule has 3 heteroatoms. The number of carbonyl (C=O) groups excluding carboxylic acids is 1. The molecule has 1 unspecified atom stereocenters. The van der Waals surface area contributed by atoms with Crippen molar-refractivity contribution in [2.45, 2.75) is 33.6 Å². The molecule has 1 atom stereocenters. The van der Waals surface area contributed by atoms with Crippen LogP contribution in [0.1, 0.15) is 33.6 Å². The molecule has 1 aliphatic heterocycles. The summed E-state index contributed by atoms with van der Waals surface area (Å²) in [6.45, 7) is 9.73. The second-order valence-electron chi connectivity index (χ2n) is 5.66. The van der Waals surface area contributed by atoms with E-state index in [-0.39, 0.29) is 11.9 Å². The minimum atomic E-state index is -0.0476. The van der Waals surface area contributed by atoms with Gasteiger partial charge in [-0.25, -0.2) is 0 Å². The smallest absolute Gasteiger partial charge is 0.309 e. The molecular formula is C12H23NO2. The summed E-state index contributed by atoms with van der Waals surface area (Å²) in [5.41, 5.74) is 0.304. The van der Waals surface area contributed by atoms with Crippen LogP contribution in [0.15, 0.2) is 0 Å². The number of rotatable bonds is 2. The first-order chi connectivity index (χ1) is 6.92. The van der Waals surface area contributed by atoms with Gasteiger partial charge in [-0.15, -0.1) is 0 Å². The highest BCUT2D eigenvalue weighted by Crippen LogP contribution is 2.22. The van der Waals surface area contributed by atoms with Gasteiger partial charge in [-0.2, -0.15) is 0 Å². The van der Waals surface area contributed by atoms with Crippen LogP contribution < -0.4 is 0 Å². The zero-order valence-corrected chi connectivity index (χ0v) is 10.4. The van der Waals surface area contributed by atoms with E-state index in [4.69, 9.17) is 4.74 Å². The quantitative estimate of drug-likeness (QED) is 0.656. The topological polar surface area (TPSA) is 29.5 Å². The van der Waals surface area contributed by atoms with E-state index < -0.39 is 0 Å². The molecule has 0 saturated carbocycles. The number of nitrogens with zero attached hydrogens (tertiary/aromatic N) is 1. The van der Waals surface area contributed by atoms with Gasteiger partial charge < -0.3 is 9.64 Å². The summed E-state index contributed by atoms with van der Waals surface area (Å²) in [4.78, 5) is 13.8. The van der Waals surface area contributed by atoms with Crippen molar-refractivity contribution in [3.05, 3.63) is 0 Å². The molecule has 1 aliphatic rings. The maximum absolute atomic E-state index is 11.4. The fraction of sp³-hybridized carbons (Fsp3) is 0.917. The van der Waals surface area contributed by atoms with Gasteiger partial charge in [-0.3, -0.25) is 4.79 Å². The van der Waals surface area contributed by atoms with Crippen molar-refractivity contribution in [1.29, 1.82) is 0 Å². The highest BCUT2D eigenvalue weighted by atomic mass is 16.5. The van der Waals surface area contributed by atoms with E-state index in [2.05, 4.69) is 25.7 Å². The Kier molecular flexibility index (Phi) is 4.14. The van der Waals surface area contributed by atoms with Gasteiger partial charge in [-0.1, -0.05) is 20.8 Å². The lowest BCUT2D eigenvalue weighted by Gasteiger charge is -2.35. The zero-order chi connectivity index (χ0) is 11.5. The molecule has 15 heavy (non-hydrogen) atoms. The van der Waals surface area contributed by atoms with Crippen molar-refractivity contribution < 1.29 is 9.53 Å². The highest BCUT2D eigenvalue weighted by molar-refractivity contribution is 5.72. The average molecular weight is 213 g/mol. The summed E-state index contributed by atoms with van der Waals surface area (Å²) in [6.07, 6.45) is 2.09. The molecule has 1 saturated heterocycles. The molecule has 3 nitrogen and oxygen atoms in total. The third-order valence-electron chi connectivity index (χ3n) is 2.74. The number of likely N-dealkylation sites (tertiary alicyclic amines) is 1. The Bertz CT molecular complexity index is 220. The molecular weight excluding hydrogens is 190 g/mol. The monoisotopic (exact) mass is 213 g/mol. The number of methoxy groups -OCH3 is 1. The van der Waals surface area contributed by atoms with Crippen LogP contribution in [0, 0.1) is 11.3 Å². The largest absolute Gasteiger partial charge is 0.469 e. The fourth-order valence-corrected chi connectivity index (χ4v) is 2.23. The predicted molar refractivity (Wildman–Crippen MR) is 60.6 cm³/mol. The maximum Gasteiger partial charge on any atom is 0.309 e. The van der Waals surface area contributed by atoms with Crippen molar-refractivity contribution >= 4 is 5.97 Å². The van der Waals surface area contributed by atoms with E-state index in [0.29, 0.717) is 5.41 Å². The van der Waals surface area contributed by atoms with Crippen LogP contribution >= 0.6 is 0 Å². The van der Waals surface area contributed by atoms with Crippen molar-refractivity contribution in [2.75, 3.05) is 26.7 Å². The Morgan fingerprint density at radius 2 is 2.13 bits per heavy atom. The Morgan fingerprint density at radius 3 is 2.67 bits per heavy atom. The third-order valence-corrected chi connectivity index (χ3v) is 2.74. The van der Waals surface area contributed by atoms with Crippen LogP contribution in [-0.2, 0) is 9.53 Å². The summed E-state index contributed by atoms with van der Waals surface area (Å²) in [6, 6.07) is 0. The third kappa shape index (κ3) is 4.20. The van der Waals surface area contributed by atoms with Crippen LogP contribution in [-0.4, -0.2) is 37.6 Å². The van der Waals surface area contributed by atoms with Gasteiger partial charge in [0, 0.05) is 13.1 Å². The van der Waals surface area contributed by atoms with Gasteiger partial charge >= 0.3 is 5.97 Å². The lowest BCUT2D eigenvalue weighted by atomic mass is 9.92. The van der Waals surface area contributed by atoms with E-state index in [1.807, 2.05) is 0 Å². The van der Waals surface area contributed by atoms with Gasteiger partial charge in [0.15, 0.2) is 0 Å². The second kappa shape index (κ2) is 4.97. The lowest BCUT2D eigenvalue weighted by Crippen LogP contribution is -2.42. The number of ether oxygens (including phenoxy) is 1. The lowest BCUT2D eigenvalue weighted by molar-refractivity contribution is -0.147. The summed E-state index contributed by atoms with van der Waals surface area (Å²) in [7, 11) is 1.48. The van der Waals surface area contributed by atoms with Gasteiger partial charge in [0.2, 0.25) is 0 Å². The number of hydrogen-bond acceptors (Lipinski definition) is 3. The molecule has 0 aromatic carbocycles. The van der Waals surface area contributed by atoms with E-state index in [0.717, 1.165) is 32.5 Å². The normalized spacial score (nSPS) is 23.9. The Morgan fingerprint density at radius 1 is 1.47 bits per heavy atom. The SMILES string of the molecule is COC(=O)C1CCCN(CC(C)(C)C)C1. The molecule has 0 aromatic heterocycles. The zero-order valence-electron chi connectivity index (χ0n) is 10.4. The number of piperidine rings is 1. The molecule has 0 spiro atoms. The summed E-state index contributed by atoms with van der Waals surface area (Å²) in [5, 5.41) is 0. The maximum atomic E-state index is 11.4. The summed E-state index contributed by atoms with van der Waals surface area (Å²) < 4.78 is 4.80. The van der Waals surface area contributed by atoms with E-state index in [1.54, 1.807) is 0 Å². The van der Waals surface area contributed by atoms with Crippen LogP contribution in [0.3, 0.4) is 0 Å². The Hall–Kier alpha value is -0.570. The van der Waals surface area contributed by atoms with E-state index >= 15 is 0 Å². The van der Waals surface area contributed by atoms with Crippen LogP contribution in [0.5, 0.6) is 0 Å². The molecule has 1 heterocycles. The first-order valence-corrected chi connectivity index (χ1v) is 5.72. The Labute approximate surface area is 92.8 Å². The van der Waals surface area contributed by atoms with Crippen LogP contribution in [0.2, 0.25) is 0 Å². The predicted octanol–water partition coefficient (Wildman–Crippen LogP) is 1.92. The van der Waals surface area contributed by atoms with Gasteiger partial charge in [-0.05, 0) is 24.8 Å². The molecule has 1 fully saturated rings. The highest BCUT2D eigenvalue weighted by Gasteiger charge is 2.28. The standard InChI is InChI=1S/C12H23NO2/c1-12(2,3)9-13-7-5-6-10(8-13)11(14)15-4/h10H,5-9H2,1-4H3. The van der Waals surface area contributed by atoms with E-state index in [1.165, 1.54) is 7.11 Å². The number of hydrogen-bond donors (Lipinski definition) is 0. The molecule has 0 radical (unpaired) electrons. The first kappa shape index (κ1) is 12.5. The molecule has 0 aliphatic carbocycles. The summed E-state index contributed by atoms with van der Waals surface area (Å²) >= 11 is 0. The molecule has 0 amide bonds. The molecule has 88 valence electrons. The van der Waals surface area contributed by atoms with E-state index in [9.17, 15) is 4.79 Å². The first-order valence-electron chi connectivity index (χ1n) is 5.72. The van der Waals surface area contributed by atoms with Crippen molar-refractivity contribution in [1.82, 2.24) is 4.90 Å². The van der Waals surface area contributed by atoms with Crippen molar-refractivity contribution in [3.8, 4) is 0 Å². The Balaban J connectivity index is 2.46. The second-order valence-corrected chi connectivity index (χ2v) is 5.66. The van der Waals surface area contributed by atoms with Gasteiger partial charge in [0.25, 0.3) is 0 Å². The molecule has 0 aromatic rings. The van der Waals surface area contributed by atoms with Crippen LogP contribution in [0.4, 0.5) is 0 Å². The fourth-order valence-electron chi connectivity index (χ4n) is 2.23. The number of carbonyl (C=O) groups is 1. The molecule has 1 rings (SSSR count).